The number of nitrogens with zero attached hydrogens (tertiary/aromatic N) is 1. The molecule has 164 valence electrons. The van der Waals surface area contributed by atoms with Crippen LogP contribution in [0, 0.1) is 6.07 Å². The van der Waals surface area contributed by atoms with Crippen molar-refractivity contribution in [3.05, 3.63) is 71.1 Å². The van der Waals surface area contributed by atoms with Crippen molar-refractivity contribution in [3.63, 3.8) is 0 Å². The van der Waals surface area contributed by atoms with Crippen LogP contribution in [0.1, 0.15) is 12.5 Å². The minimum Gasteiger partial charge on any atom is -0.497 e. The van der Waals surface area contributed by atoms with Gasteiger partial charge in [-0.25, -0.2) is 0 Å². The molecule has 0 aliphatic carbocycles. The number of carbonyl (C=O) groups excluding carboxylic acids is 1. The number of carbonyl (C=O) groups is 2. The van der Waals surface area contributed by atoms with Crippen LogP contribution in [0.4, 0.5) is 5.69 Å². The van der Waals surface area contributed by atoms with E-state index in [2.05, 4.69) is 16.4 Å². The van der Waals surface area contributed by atoms with Gasteiger partial charge in [0.25, 0.3) is 11.9 Å². The number of aliphatic carboxylic acids is 1. The number of fused-ring (bicyclic) bond motifs is 1. The van der Waals surface area contributed by atoms with E-state index in [-0.39, 0.29) is 35.5 Å². The second-order valence-corrected chi connectivity index (χ2v) is 7.60. The van der Waals surface area contributed by atoms with Gasteiger partial charge in [-0.2, -0.15) is 18.2 Å². The van der Waals surface area contributed by atoms with Gasteiger partial charge in [0.1, 0.15) is 11.5 Å². The van der Waals surface area contributed by atoms with Gasteiger partial charge in [0.05, 0.1) is 19.1 Å². The summed E-state index contributed by atoms with van der Waals surface area (Å²) in [5.74, 6) is 0.459. The molecule has 7 nitrogen and oxygen atoms in total. The van der Waals surface area contributed by atoms with Crippen molar-refractivity contribution in [3.8, 4) is 11.5 Å². The number of aliphatic imine (C=N–C) groups is 1. The molecule has 0 unspecified atom stereocenters. The van der Waals surface area contributed by atoms with Gasteiger partial charge >= 0.3 is 29.6 Å². The number of amides is 1. The zero-order valence-corrected chi connectivity index (χ0v) is 21.5. The average Bonchev–Trinajstić information content (AvgIpc) is 3.11. The van der Waals surface area contributed by atoms with Crippen LogP contribution in [0.3, 0.4) is 0 Å². The molecule has 0 aromatic heterocycles. The number of amidine groups is 1. The quantitative estimate of drug-likeness (QED) is 0.341. The maximum Gasteiger partial charge on any atom is 1.00 e. The third-order valence-electron chi connectivity index (χ3n) is 4.26. The Balaban J connectivity index is 0.000000714. The summed E-state index contributed by atoms with van der Waals surface area (Å²) in [4.78, 5) is 26.4. The smallest absolute Gasteiger partial charge is 0.497 e. The van der Waals surface area contributed by atoms with Gasteiger partial charge in [-0.1, -0.05) is 6.07 Å². The Labute approximate surface area is 218 Å². The van der Waals surface area contributed by atoms with E-state index >= 15 is 0 Å². The molecular weight excluding hydrogens is 451 g/mol. The molecule has 3 aromatic rings. The Kier molecular flexibility index (Phi) is 9.99. The van der Waals surface area contributed by atoms with Crippen LogP contribution >= 0.6 is 11.8 Å². The van der Waals surface area contributed by atoms with E-state index in [1.807, 2.05) is 48.5 Å². The number of thioether (sulfide) groups is 1. The Hall–Kier alpha value is -2.78. The molecule has 0 radical (unpaired) electrons. The molecule has 1 aliphatic rings. The molecule has 0 bridgehead atoms. The monoisotopic (exact) mass is 472 g/mol. The number of hydrogen-bond acceptors (Lipinski definition) is 6. The first kappa shape index (κ1) is 26.5. The normalized spacial score (nSPS) is 14.8. The van der Waals surface area contributed by atoms with Crippen LogP contribution in [0.5, 0.6) is 11.5 Å². The van der Waals surface area contributed by atoms with Crippen LogP contribution in [0.2, 0.25) is 0 Å². The van der Waals surface area contributed by atoms with Crippen molar-refractivity contribution in [1.29, 1.82) is 0 Å². The fraction of sp³-hybridized carbons (Fsp3) is 0.125. The molecule has 1 saturated heterocycles. The molecule has 1 aliphatic heterocycles. The predicted molar refractivity (Wildman–Crippen MR) is 126 cm³/mol. The molecule has 0 spiro atoms. The maximum absolute atomic E-state index is 12.4. The number of methoxy groups -OCH3 is 2. The van der Waals surface area contributed by atoms with Gasteiger partial charge in [-0.15, -0.1) is 12.1 Å². The summed E-state index contributed by atoms with van der Waals surface area (Å²) in [5, 5.41) is 12.8. The topological polar surface area (TPSA) is 97.2 Å². The third-order valence-corrected chi connectivity index (χ3v) is 5.17. The van der Waals surface area contributed by atoms with Crippen molar-refractivity contribution in [1.82, 2.24) is 5.32 Å². The summed E-state index contributed by atoms with van der Waals surface area (Å²) < 4.78 is 10.8. The zero-order valence-electron chi connectivity index (χ0n) is 18.7. The molecular formula is C24H21N2NaO5S. The summed E-state index contributed by atoms with van der Waals surface area (Å²) in [6, 6.07) is 20.0. The molecule has 3 aromatic carbocycles. The second-order valence-electron chi connectivity index (χ2n) is 6.57. The third kappa shape index (κ3) is 7.36. The van der Waals surface area contributed by atoms with E-state index in [1.54, 1.807) is 26.4 Å². The zero-order chi connectivity index (χ0) is 23.1. The standard InChI is InChI=1S/C22H17N2O3S.C2H4O2.Na/c1-26-18-9-8-14-12-19(27-2)16(10-15(14)11-18)13-20-21(25)24-22(28-20)23-17-6-4-3-5-7-17;1-2(3)4;/h4-13H,1-2H3,(H,23,24,25);1H3,(H,3,4);/q-1;;+1. The minimum absolute atomic E-state index is 0. The summed E-state index contributed by atoms with van der Waals surface area (Å²) in [5.41, 5.74) is 1.58. The number of benzene rings is 3. The van der Waals surface area contributed by atoms with Crippen LogP contribution in [0.15, 0.2) is 64.5 Å². The summed E-state index contributed by atoms with van der Waals surface area (Å²) in [6.45, 7) is 1.08. The fourth-order valence-electron chi connectivity index (χ4n) is 2.88. The Morgan fingerprint density at radius 3 is 2.42 bits per heavy atom. The Bertz CT molecular complexity index is 1210. The van der Waals surface area contributed by atoms with Crippen LogP contribution < -0.4 is 44.3 Å². The number of carboxylic acids is 1. The summed E-state index contributed by atoms with van der Waals surface area (Å²) in [6.07, 6.45) is 1.82. The number of ether oxygens (including phenoxy) is 2. The Morgan fingerprint density at radius 1 is 1.09 bits per heavy atom. The molecule has 9 heteroatoms. The first-order valence-electron chi connectivity index (χ1n) is 9.50. The van der Waals surface area contributed by atoms with Gasteiger partial charge in [-0.05, 0) is 58.6 Å². The molecule has 0 saturated carbocycles. The number of rotatable bonds is 4. The van der Waals surface area contributed by atoms with Gasteiger partial charge < -0.3 is 19.9 Å². The van der Waals surface area contributed by atoms with Gasteiger partial charge in [0.15, 0.2) is 5.17 Å². The van der Waals surface area contributed by atoms with E-state index in [4.69, 9.17) is 19.4 Å². The largest absolute Gasteiger partial charge is 1.00 e. The van der Waals surface area contributed by atoms with Crippen molar-refractivity contribution >= 4 is 51.3 Å². The second kappa shape index (κ2) is 12.5. The van der Waals surface area contributed by atoms with Gasteiger partial charge in [-0.3, -0.25) is 14.6 Å². The molecule has 0 atom stereocenters. The van der Waals surface area contributed by atoms with E-state index in [9.17, 15) is 4.79 Å². The van der Waals surface area contributed by atoms with Crippen LogP contribution in [-0.4, -0.2) is 36.4 Å². The van der Waals surface area contributed by atoms with Crippen molar-refractivity contribution in [2.75, 3.05) is 14.2 Å². The first-order valence-corrected chi connectivity index (χ1v) is 10.3. The van der Waals surface area contributed by atoms with E-state index < -0.39 is 5.97 Å². The molecule has 33 heavy (non-hydrogen) atoms. The van der Waals surface area contributed by atoms with Crippen LogP contribution in [0.25, 0.3) is 16.8 Å². The SMILES string of the molecule is CC(=O)O.COc1ccc2cc(OC)c(C=C3SC(=Nc4cc[c-]cc4)NC3=O)cc2c1.[Na+]. The molecule has 4 rings (SSSR count). The maximum atomic E-state index is 12.4. The van der Waals surface area contributed by atoms with Crippen molar-refractivity contribution < 1.29 is 53.7 Å². The van der Waals surface area contributed by atoms with Gasteiger partial charge in [0.2, 0.25) is 0 Å². The number of carboxylic acid groups (broad SMARTS) is 1. The molecule has 1 amide bonds. The first-order chi connectivity index (χ1) is 15.4. The molecule has 1 heterocycles. The number of hydrogen-bond donors (Lipinski definition) is 2. The average molecular weight is 472 g/mol. The van der Waals surface area contributed by atoms with E-state index in [1.165, 1.54) is 11.8 Å². The summed E-state index contributed by atoms with van der Waals surface area (Å²) >= 11 is 1.30. The Morgan fingerprint density at radius 2 is 1.79 bits per heavy atom. The fourth-order valence-corrected chi connectivity index (χ4v) is 3.71. The van der Waals surface area contributed by atoms with Gasteiger partial charge in [0, 0.05) is 12.5 Å². The van der Waals surface area contributed by atoms with E-state index in [0.29, 0.717) is 15.8 Å². The van der Waals surface area contributed by atoms with E-state index in [0.717, 1.165) is 34.7 Å². The number of nitrogens with one attached hydrogen (secondary N) is 1. The molecule has 1 fully saturated rings. The van der Waals surface area contributed by atoms with Crippen molar-refractivity contribution in [2.45, 2.75) is 6.92 Å². The molecule has 2 N–H and O–H groups in total. The predicted octanol–water partition coefficient (Wildman–Crippen LogP) is 1.64. The minimum atomic E-state index is -0.833. The summed E-state index contributed by atoms with van der Waals surface area (Å²) in [7, 11) is 3.26. The van der Waals surface area contributed by atoms with Crippen molar-refractivity contribution in [2.24, 2.45) is 4.99 Å². The van der Waals surface area contributed by atoms with Crippen LogP contribution in [-0.2, 0) is 9.59 Å².